The summed E-state index contributed by atoms with van der Waals surface area (Å²) in [6, 6.07) is 8.82. The molecule has 0 radical (unpaired) electrons. The highest BCUT2D eigenvalue weighted by molar-refractivity contribution is 5.96. The highest BCUT2D eigenvalue weighted by atomic mass is 19.1. The van der Waals surface area contributed by atoms with Gasteiger partial charge in [-0.15, -0.1) is 0 Å². The van der Waals surface area contributed by atoms with Crippen molar-refractivity contribution in [3.8, 4) is 11.6 Å². The van der Waals surface area contributed by atoms with E-state index in [1.54, 1.807) is 12.1 Å². The van der Waals surface area contributed by atoms with Crippen LogP contribution in [0.3, 0.4) is 0 Å². The predicted octanol–water partition coefficient (Wildman–Crippen LogP) is 4.58. The number of carbonyl (C=O) groups excluding carboxylic acids is 2. The van der Waals surface area contributed by atoms with Gasteiger partial charge in [-0.05, 0) is 82.9 Å². The molecule has 0 aliphatic heterocycles. The third kappa shape index (κ3) is 6.94. The maximum absolute atomic E-state index is 13.1. The highest BCUT2D eigenvalue weighted by Gasteiger charge is 2.26. The van der Waals surface area contributed by atoms with Crippen molar-refractivity contribution in [2.75, 3.05) is 0 Å². The van der Waals surface area contributed by atoms with Crippen LogP contribution in [0.2, 0.25) is 0 Å². The number of hydrogen-bond acceptors (Lipinski definition) is 5. The van der Waals surface area contributed by atoms with Crippen LogP contribution >= 0.6 is 0 Å². The molecule has 1 saturated carbocycles. The number of aromatic nitrogens is 1. The van der Waals surface area contributed by atoms with Crippen molar-refractivity contribution in [2.24, 2.45) is 0 Å². The Hall–Kier alpha value is -3.16. The number of amides is 2. The Balaban J connectivity index is 1.53. The average molecular weight is 429 g/mol. The van der Waals surface area contributed by atoms with E-state index in [0.717, 1.165) is 25.7 Å². The first-order chi connectivity index (χ1) is 14.7. The molecule has 31 heavy (non-hydrogen) atoms. The second kappa shape index (κ2) is 9.76. The van der Waals surface area contributed by atoms with Crippen LogP contribution in [0.15, 0.2) is 42.6 Å². The van der Waals surface area contributed by atoms with Crippen molar-refractivity contribution in [2.45, 2.75) is 64.1 Å². The summed E-state index contributed by atoms with van der Waals surface area (Å²) in [6.45, 7) is 5.47. The molecule has 3 rings (SSSR count). The van der Waals surface area contributed by atoms with E-state index in [-0.39, 0.29) is 29.7 Å². The summed E-state index contributed by atoms with van der Waals surface area (Å²) in [4.78, 5) is 28.9. The van der Waals surface area contributed by atoms with E-state index in [0.29, 0.717) is 11.3 Å². The van der Waals surface area contributed by atoms with Crippen molar-refractivity contribution in [3.63, 3.8) is 0 Å². The normalized spacial score (nSPS) is 18.7. The van der Waals surface area contributed by atoms with Gasteiger partial charge < -0.3 is 20.1 Å². The van der Waals surface area contributed by atoms with E-state index in [2.05, 4.69) is 15.6 Å². The van der Waals surface area contributed by atoms with Gasteiger partial charge in [0.15, 0.2) is 0 Å². The number of carbonyl (C=O) groups is 2. The van der Waals surface area contributed by atoms with Crippen molar-refractivity contribution in [1.82, 2.24) is 15.6 Å². The van der Waals surface area contributed by atoms with E-state index in [1.165, 1.54) is 30.5 Å². The molecule has 0 atom stereocenters. The number of hydrogen-bond donors (Lipinski definition) is 2. The van der Waals surface area contributed by atoms with Crippen LogP contribution in [0, 0.1) is 5.82 Å². The number of nitrogens with zero attached hydrogens (tertiary/aromatic N) is 1. The summed E-state index contributed by atoms with van der Waals surface area (Å²) >= 11 is 0. The number of alkyl carbamates (subject to hydrolysis) is 1. The molecule has 1 aliphatic carbocycles. The van der Waals surface area contributed by atoms with E-state index in [4.69, 9.17) is 9.47 Å². The molecule has 2 aromatic rings. The molecule has 8 heteroatoms. The van der Waals surface area contributed by atoms with Gasteiger partial charge in [0.05, 0.1) is 0 Å². The minimum Gasteiger partial charge on any atom is -0.444 e. The molecule has 7 nitrogen and oxygen atoms in total. The van der Waals surface area contributed by atoms with Crippen molar-refractivity contribution in [1.29, 1.82) is 0 Å². The zero-order valence-corrected chi connectivity index (χ0v) is 18.0. The number of benzene rings is 1. The van der Waals surface area contributed by atoms with E-state index in [9.17, 15) is 14.0 Å². The number of rotatable bonds is 5. The third-order valence-corrected chi connectivity index (χ3v) is 4.83. The Kier molecular flexibility index (Phi) is 7.09. The number of nitrogens with one attached hydrogen (secondary N) is 2. The molecule has 2 N–H and O–H groups in total. The Labute approximate surface area is 181 Å². The predicted molar refractivity (Wildman–Crippen MR) is 114 cm³/mol. The summed E-state index contributed by atoms with van der Waals surface area (Å²) in [6.07, 6.45) is 4.08. The lowest BCUT2D eigenvalue weighted by Crippen LogP contribution is -2.45. The van der Waals surface area contributed by atoms with Gasteiger partial charge in [-0.3, -0.25) is 4.79 Å². The zero-order chi connectivity index (χ0) is 22.4. The lowest BCUT2D eigenvalue weighted by molar-refractivity contribution is 0.0488. The molecular formula is C23H28FN3O4. The van der Waals surface area contributed by atoms with Gasteiger partial charge in [0.1, 0.15) is 22.7 Å². The van der Waals surface area contributed by atoms with Crippen LogP contribution in [0.25, 0.3) is 0 Å². The maximum Gasteiger partial charge on any atom is 0.407 e. The topological polar surface area (TPSA) is 89.6 Å². The summed E-state index contributed by atoms with van der Waals surface area (Å²) in [5, 5.41) is 5.91. The van der Waals surface area contributed by atoms with Gasteiger partial charge in [0.25, 0.3) is 5.91 Å². The van der Waals surface area contributed by atoms with Gasteiger partial charge in [0.2, 0.25) is 5.88 Å². The molecule has 0 spiro atoms. The quantitative estimate of drug-likeness (QED) is 0.726. The van der Waals surface area contributed by atoms with Gasteiger partial charge in [-0.25, -0.2) is 14.2 Å². The van der Waals surface area contributed by atoms with Crippen molar-refractivity contribution >= 4 is 12.0 Å². The van der Waals surface area contributed by atoms with E-state index >= 15 is 0 Å². The fourth-order valence-electron chi connectivity index (χ4n) is 3.38. The number of ether oxygens (including phenoxy) is 2. The molecule has 0 saturated heterocycles. The zero-order valence-electron chi connectivity index (χ0n) is 18.0. The molecule has 0 unspecified atom stereocenters. The molecule has 1 aromatic heterocycles. The molecule has 166 valence electrons. The number of pyridine rings is 1. The molecule has 1 aliphatic rings. The van der Waals surface area contributed by atoms with Crippen LogP contribution in [0.4, 0.5) is 9.18 Å². The molecule has 1 aromatic carbocycles. The number of halogens is 1. The smallest absolute Gasteiger partial charge is 0.407 e. The van der Waals surface area contributed by atoms with E-state index in [1.807, 2.05) is 20.8 Å². The Morgan fingerprint density at radius 2 is 1.61 bits per heavy atom. The third-order valence-electron chi connectivity index (χ3n) is 4.83. The second-order valence-electron chi connectivity index (χ2n) is 8.58. The van der Waals surface area contributed by atoms with Crippen molar-refractivity contribution < 1.29 is 23.5 Å². The first-order valence-electron chi connectivity index (χ1n) is 10.4. The van der Waals surface area contributed by atoms with Crippen LogP contribution in [0.5, 0.6) is 11.6 Å². The van der Waals surface area contributed by atoms with Crippen LogP contribution < -0.4 is 15.4 Å². The Morgan fingerprint density at radius 1 is 1.00 bits per heavy atom. The SMILES string of the molecule is CC(C)(C)OC(=O)NC1CCC(NC(=O)c2cccnc2Oc2ccc(F)cc2)CC1. The van der Waals surface area contributed by atoms with Gasteiger partial charge in [-0.2, -0.15) is 0 Å². The molecule has 1 fully saturated rings. The first kappa shape index (κ1) is 22.5. The molecular weight excluding hydrogens is 401 g/mol. The first-order valence-corrected chi connectivity index (χ1v) is 10.4. The van der Waals surface area contributed by atoms with Crippen molar-refractivity contribution in [3.05, 3.63) is 54.0 Å². The Morgan fingerprint density at radius 3 is 2.23 bits per heavy atom. The van der Waals surface area contributed by atoms with Gasteiger partial charge >= 0.3 is 6.09 Å². The summed E-state index contributed by atoms with van der Waals surface area (Å²) in [5.74, 6) is -0.105. The average Bonchev–Trinajstić information content (AvgIpc) is 2.70. The monoisotopic (exact) mass is 429 g/mol. The standard InChI is InChI=1S/C23H28FN3O4/c1-23(2,3)31-22(29)27-17-10-8-16(9-11-17)26-20(28)19-5-4-14-25-21(19)30-18-12-6-15(24)7-13-18/h4-7,12-14,16-17H,8-11H2,1-3H3,(H,26,28)(H,27,29). The summed E-state index contributed by atoms with van der Waals surface area (Å²) in [7, 11) is 0. The molecule has 2 amide bonds. The lowest BCUT2D eigenvalue weighted by Gasteiger charge is -2.30. The molecule has 0 bridgehead atoms. The summed E-state index contributed by atoms with van der Waals surface area (Å²) in [5.41, 5.74) is -0.229. The van der Waals surface area contributed by atoms with Crippen LogP contribution in [-0.4, -0.2) is 34.7 Å². The summed E-state index contributed by atoms with van der Waals surface area (Å²) < 4.78 is 24.1. The Bertz CT molecular complexity index is 904. The van der Waals surface area contributed by atoms with E-state index < -0.39 is 11.7 Å². The fraction of sp³-hybridized carbons (Fsp3) is 0.435. The van der Waals surface area contributed by atoms with Crippen LogP contribution in [0.1, 0.15) is 56.8 Å². The van der Waals surface area contributed by atoms with Gasteiger partial charge in [-0.1, -0.05) is 0 Å². The second-order valence-corrected chi connectivity index (χ2v) is 8.58. The highest BCUT2D eigenvalue weighted by Crippen LogP contribution is 2.24. The minimum absolute atomic E-state index is 0.0111. The minimum atomic E-state index is -0.535. The molecule has 1 heterocycles. The lowest BCUT2D eigenvalue weighted by atomic mass is 9.91. The van der Waals surface area contributed by atoms with Crippen LogP contribution in [-0.2, 0) is 4.74 Å². The largest absolute Gasteiger partial charge is 0.444 e. The fourth-order valence-corrected chi connectivity index (χ4v) is 3.38. The van der Waals surface area contributed by atoms with Gasteiger partial charge in [0, 0.05) is 18.3 Å². The maximum atomic E-state index is 13.1.